The maximum atomic E-state index is 12.6. The van der Waals surface area contributed by atoms with Crippen molar-refractivity contribution >= 4 is 33.3 Å². The minimum atomic E-state index is -0.811. The van der Waals surface area contributed by atoms with E-state index in [4.69, 9.17) is 11.6 Å². The third-order valence-electron chi connectivity index (χ3n) is 3.09. The van der Waals surface area contributed by atoms with E-state index < -0.39 is 5.92 Å². The summed E-state index contributed by atoms with van der Waals surface area (Å²) in [4.78, 5) is 12.6. The summed E-state index contributed by atoms with van der Waals surface area (Å²) in [5.74, 6) is -1.04. The lowest BCUT2D eigenvalue weighted by Gasteiger charge is -2.12. The van der Waals surface area contributed by atoms with Gasteiger partial charge >= 0.3 is 0 Å². The van der Waals surface area contributed by atoms with Crippen molar-refractivity contribution in [2.75, 3.05) is 0 Å². The van der Waals surface area contributed by atoms with Gasteiger partial charge < -0.3 is 0 Å². The number of aryl methyl sites for hydroxylation is 1. The molecular weight excluding hydrogens is 338 g/mol. The van der Waals surface area contributed by atoms with Gasteiger partial charge in [0.05, 0.1) is 6.07 Å². The smallest absolute Gasteiger partial charge is 0.185 e. The van der Waals surface area contributed by atoms with Crippen molar-refractivity contribution in [1.29, 1.82) is 5.26 Å². The molecule has 100 valence electrons. The zero-order valence-electron chi connectivity index (χ0n) is 10.7. The molecule has 0 aliphatic rings. The van der Waals surface area contributed by atoms with E-state index in [9.17, 15) is 10.1 Å². The molecule has 0 saturated heterocycles. The Hall–Kier alpha value is -1.63. The first-order valence-electron chi connectivity index (χ1n) is 5.99. The summed E-state index contributed by atoms with van der Waals surface area (Å²) in [5.41, 5.74) is 2.13. The molecule has 0 aliphatic carbocycles. The number of benzene rings is 2. The molecule has 20 heavy (non-hydrogen) atoms. The molecule has 0 radical (unpaired) electrons. The number of Topliss-reactive ketones (excluding diaryl/α,β-unsaturated/α-hetero) is 1. The van der Waals surface area contributed by atoms with E-state index in [1.54, 1.807) is 18.2 Å². The lowest BCUT2D eigenvalue weighted by molar-refractivity contribution is 0.0978. The lowest BCUT2D eigenvalue weighted by atomic mass is 9.89. The van der Waals surface area contributed by atoms with E-state index in [-0.39, 0.29) is 5.78 Å². The Morgan fingerprint density at radius 1 is 1.30 bits per heavy atom. The van der Waals surface area contributed by atoms with Gasteiger partial charge in [0.2, 0.25) is 0 Å². The molecule has 2 rings (SSSR count). The second-order valence-electron chi connectivity index (χ2n) is 4.41. The third-order valence-corrected chi connectivity index (χ3v) is 3.98. The fourth-order valence-electron chi connectivity index (χ4n) is 2.02. The lowest BCUT2D eigenvalue weighted by Crippen LogP contribution is -2.13. The fourth-order valence-corrected chi connectivity index (χ4v) is 2.90. The highest BCUT2D eigenvalue weighted by Gasteiger charge is 2.24. The molecule has 0 fully saturated rings. The van der Waals surface area contributed by atoms with Gasteiger partial charge in [0.25, 0.3) is 0 Å². The molecule has 0 saturated carbocycles. The van der Waals surface area contributed by atoms with Crippen molar-refractivity contribution in [3.8, 4) is 6.07 Å². The van der Waals surface area contributed by atoms with Gasteiger partial charge in [-0.2, -0.15) is 5.26 Å². The normalized spacial score (nSPS) is 11.7. The first-order valence-corrected chi connectivity index (χ1v) is 7.16. The van der Waals surface area contributed by atoms with Gasteiger partial charge in [-0.15, -0.1) is 0 Å². The van der Waals surface area contributed by atoms with Crippen LogP contribution in [0.3, 0.4) is 0 Å². The van der Waals surface area contributed by atoms with Crippen LogP contribution >= 0.6 is 27.5 Å². The minimum Gasteiger partial charge on any atom is -0.292 e. The third kappa shape index (κ3) is 2.92. The fraction of sp³-hybridized carbons (Fsp3) is 0.125. The van der Waals surface area contributed by atoms with Crippen LogP contribution in [-0.2, 0) is 0 Å². The molecular formula is C16H11BrClNO. The second-order valence-corrected chi connectivity index (χ2v) is 5.70. The SMILES string of the molecule is Cc1ccccc1C(C#N)C(=O)c1ccc(Cl)cc1Br. The highest BCUT2D eigenvalue weighted by molar-refractivity contribution is 9.10. The summed E-state index contributed by atoms with van der Waals surface area (Å²) in [7, 11) is 0. The Balaban J connectivity index is 2.45. The van der Waals surface area contributed by atoms with Crippen LogP contribution < -0.4 is 0 Å². The number of hydrogen-bond acceptors (Lipinski definition) is 2. The van der Waals surface area contributed by atoms with E-state index in [1.165, 1.54) is 0 Å². The van der Waals surface area contributed by atoms with Crippen LogP contribution in [-0.4, -0.2) is 5.78 Å². The van der Waals surface area contributed by atoms with E-state index >= 15 is 0 Å². The number of ketones is 1. The highest BCUT2D eigenvalue weighted by Crippen LogP contribution is 2.28. The van der Waals surface area contributed by atoms with Gasteiger partial charge in [-0.3, -0.25) is 4.79 Å². The van der Waals surface area contributed by atoms with Crippen LogP contribution in [0.1, 0.15) is 27.4 Å². The number of nitrogens with zero attached hydrogens (tertiary/aromatic N) is 1. The number of carbonyl (C=O) groups excluding carboxylic acids is 1. The molecule has 2 aromatic carbocycles. The summed E-state index contributed by atoms with van der Waals surface area (Å²) in [6.45, 7) is 1.89. The van der Waals surface area contributed by atoms with Gasteiger partial charge in [0.1, 0.15) is 5.92 Å². The maximum Gasteiger partial charge on any atom is 0.185 e. The van der Waals surface area contributed by atoms with Gasteiger partial charge in [-0.05, 0) is 52.2 Å². The first kappa shape index (κ1) is 14.8. The van der Waals surface area contributed by atoms with Gasteiger partial charge in [-0.25, -0.2) is 0 Å². The van der Waals surface area contributed by atoms with E-state index in [0.717, 1.165) is 11.1 Å². The molecule has 2 aromatic rings. The van der Waals surface area contributed by atoms with Crippen molar-refractivity contribution in [1.82, 2.24) is 0 Å². The minimum absolute atomic E-state index is 0.231. The Labute approximate surface area is 131 Å². The van der Waals surface area contributed by atoms with Crippen LogP contribution in [0, 0.1) is 18.3 Å². The van der Waals surface area contributed by atoms with E-state index in [2.05, 4.69) is 22.0 Å². The van der Waals surface area contributed by atoms with E-state index in [1.807, 2.05) is 31.2 Å². The van der Waals surface area contributed by atoms with Crippen LogP contribution in [0.5, 0.6) is 0 Å². The standard InChI is InChI=1S/C16H11BrClNO/c1-10-4-2-3-5-12(10)14(9-19)16(20)13-7-6-11(18)8-15(13)17/h2-8,14H,1H3. The molecule has 2 nitrogen and oxygen atoms in total. The predicted molar refractivity (Wildman–Crippen MR) is 83.0 cm³/mol. The van der Waals surface area contributed by atoms with Crippen molar-refractivity contribution in [3.05, 3.63) is 68.7 Å². The number of carbonyl (C=O) groups is 1. The molecule has 1 unspecified atom stereocenters. The molecule has 0 heterocycles. The van der Waals surface area contributed by atoms with Crippen LogP contribution in [0.2, 0.25) is 5.02 Å². The molecule has 4 heteroatoms. The average molecular weight is 349 g/mol. The van der Waals surface area contributed by atoms with Gasteiger partial charge in [-0.1, -0.05) is 35.9 Å². The van der Waals surface area contributed by atoms with Crippen LogP contribution in [0.25, 0.3) is 0 Å². The number of rotatable bonds is 3. The van der Waals surface area contributed by atoms with E-state index in [0.29, 0.717) is 15.1 Å². The Morgan fingerprint density at radius 2 is 2.00 bits per heavy atom. The molecule has 0 N–H and O–H groups in total. The zero-order valence-corrected chi connectivity index (χ0v) is 13.1. The Kier molecular flexibility index (Phi) is 4.59. The Bertz CT molecular complexity index is 706. The number of nitriles is 1. The summed E-state index contributed by atoms with van der Waals surface area (Å²) in [6, 6.07) is 14.4. The molecule has 1 atom stereocenters. The first-order chi connectivity index (χ1) is 9.54. The van der Waals surface area contributed by atoms with Crippen molar-refractivity contribution in [2.45, 2.75) is 12.8 Å². The topological polar surface area (TPSA) is 40.9 Å². The highest BCUT2D eigenvalue weighted by atomic mass is 79.9. The largest absolute Gasteiger partial charge is 0.292 e. The molecule has 0 amide bonds. The van der Waals surface area contributed by atoms with Crippen molar-refractivity contribution < 1.29 is 4.79 Å². The number of hydrogen-bond donors (Lipinski definition) is 0. The molecule has 0 aliphatic heterocycles. The molecule has 0 bridgehead atoms. The maximum absolute atomic E-state index is 12.6. The summed E-state index contributed by atoms with van der Waals surface area (Å²) < 4.78 is 0.601. The Morgan fingerprint density at radius 3 is 2.60 bits per heavy atom. The summed E-state index contributed by atoms with van der Waals surface area (Å²) >= 11 is 9.19. The van der Waals surface area contributed by atoms with Crippen LogP contribution in [0.4, 0.5) is 0 Å². The van der Waals surface area contributed by atoms with Crippen LogP contribution in [0.15, 0.2) is 46.9 Å². The number of halogens is 2. The quantitative estimate of drug-likeness (QED) is 0.740. The molecule has 0 aromatic heterocycles. The second kappa shape index (κ2) is 6.21. The van der Waals surface area contributed by atoms with Crippen molar-refractivity contribution in [2.24, 2.45) is 0 Å². The summed E-state index contributed by atoms with van der Waals surface area (Å²) in [5, 5.41) is 9.91. The zero-order chi connectivity index (χ0) is 14.7. The summed E-state index contributed by atoms with van der Waals surface area (Å²) in [6.07, 6.45) is 0. The predicted octanol–water partition coefficient (Wildman–Crippen LogP) is 4.90. The van der Waals surface area contributed by atoms with Gasteiger partial charge in [0, 0.05) is 15.1 Å². The molecule has 0 spiro atoms. The van der Waals surface area contributed by atoms with Crippen molar-refractivity contribution in [3.63, 3.8) is 0 Å². The average Bonchev–Trinajstić information content (AvgIpc) is 2.41. The monoisotopic (exact) mass is 347 g/mol. The van der Waals surface area contributed by atoms with Gasteiger partial charge in [0.15, 0.2) is 5.78 Å².